The number of nitrogens with zero attached hydrogens (tertiary/aromatic N) is 3. The van der Waals surface area contributed by atoms with Crippen LogP contribution in [0.3, 0.4) is 0 Å². The molecule has 3 rings (SSSR count). The zero-order valence-corrected chi connectivity index (χ0v) is 12.7. The van der Waals surface area contributed by atoms with Gasteiger partial charge in [-0.1, -0.05) is 24.2 Å². The molecular formula is C15H21N3O3. The molecule has 2 heterocycles. The molecule has 2 aliphatic rings. The van der Waals surface area contributed by atoms with Gasteiger partial charge in [0, 0.05) is 25.5 Å². The molecule has 0 N–H and O–H groups in total. The van der Waals surface area contributed by atoms with Gasteiger partial charge in [-0.2, -0.15) is 0 Å². The number of hydrogen-bond acceptors (Lipinski definition) is 5. The summed E-state index contributed by atoms with van der Waals surface area (Å²) in [6.45, 7) is 4.53. The molecule has 0 spiro atoms. The van der Waals surface area contributed by atoms with E-state index in [9.17, 15) is 4.79 Å². The maximum absolute atomic E-state index is 12.3. The van der Waals surface area contributed by atoms with Gasteiger partial charge in [-0.25, -0.2) is 0 Å². The average Bonchev–Trinajstić information content (AvgIpc) is 3.01. The van der Waals surface area contributed by atoms with Gasteiger partial charge < -0.3 is 14.3 Å². The Kier molecular flexibility index (Phi) is 3.69. The molecule has 0 unspecified atom stereocenters. The van der Waals surface area contributed by atoms with Gasteiger partial charge >= 0.3 is 0 Å². The van der Waals surface area contributed by atoms with Crippen LogP contribution in [-0.4, -0.2) is 34.8 Å². The number of carbonyl (C=O) groups is 1. The first-order chi connectivity index (χ1) is 10.0. The summed E-state index contributed by atoms with van der Waals surface area (Å²) in [5.74, 6) is 1.72. The summed E-state index contributed by atoms with van der Waals surface area (Å²) in [7, 11) is 1.75. The summed E-state index contributed by atoms with van der Waals surface area (Å²) in [6, 6.07) is 1.95. The third-order valence-corrected chi connectivity index (χ3v) is 3.97. The van der Waals surface area contributed by atoms with Crippen molar-refractivity contribution >= 4 is 11.6 Å². The minimum Gasteiger partial charge on any atom is -0.382 e. The largest absolute Gasteiger partial charge is 0.382 e. The smallest absolute Gasteiger partial charge is 0.266 e. The lowest BCUT2D eigenvalue weighted by molar-refractivity contribution is -0.141. The van der Waals surface area contributed by atoms with Gasteiger partial charge in [0.05, 0.1) is 12.3 Å². The van der Waals surface area contributed by atoms with Crippen LogP contribution in [0.2, 0.25) is 0 Å². The van der Waals surface area contributed by atoms with Crippen LogP contribution in [0.15, 0.2) is 15.7 Å². The second-order valence-electron chi connectivity index (χ2n) is 6.22. The van der Waals surface area contributed by atoms with E-state index < -0.39 is 6.10 Å². The summed E-state index contributed by atoms with van der Waals surface area (Å²) in [5, 5.41) is 8.03. The summed E-state index contributed by atoms with van der Waals surface area (Å²) in [6.07, 6.45) is 2.43. The Hall–Kier alpha value is -1.85. The van der Waals surface area contributed by atoms with Gasteiger partial charge in [0.1, 0.15) is 11.5 Å². The zero-order valence-electron chi connectivity index (χ0n) is 12.7. The molecule has 21 heavy (non-hydrogen) atoms. The Bertz CT molecular complexity index is 560. The zero-order chi connectivity index (χ0) is 15.0. The van der Waals surface area contributed by atoms with Crippen LogP contribution in [0.1, 0.15) is 50.5 Å². The van der Waals surface area contributed by atoms with E-state index in [1.165, 1.54) is 12.8 Å². The van der Waals surface area contributed by atoms with E-state index in [4.69, 9.17) is 9.36 Å². The summed E-state index contributed by atoms with van der Waals surface area (Å²) >= 11 is 0. The molecule has 0 radical (unpaired) electrons. The first-order valence-corrected chi connectivity index (χ1v) is 7.47. The van der Waals surface area contributed by atoms with Gasteiger partial charge in [-0.15, -0.1) is 0 Å². The fourth-order valence-corrected chi connectivity index (χ4v) is 2.40. The third kappa shape index (κ3) is 3.09. The number of aromatic nitrogens is 1. The van der Waals surface area contributed by atoms with Crippen molar-refractivity contribution in [3.8, 4) is 0 Å². The molecule has 0 aromatic carbocycles. The normalized spacial score (nSPS) is 21.3. The van der Waals surface area contributed by atoms with E-state index in [0.29, 0.717) is 24.8 Å². The van der Waals surface area contributed by atoms with E-state index in [2.05, 4.69) is 10.3 Å². The summed E-state index contributed by atoms with van der Waals surface area (Å²) in [5.41, 5.74) is 1.73. The molecule has 1 aliphatic carbocycles. The Morgan fingerprint density at radius 3 is 2.86 bits per heavy atom. The first-order valence-electron chi connectivity index (χ1n) is 7.47. The highest BCUT2D eigenvalue weighted by atomic mass is 16.6. The maximum atomic E-state index is 12.3. The number of oxime groups is 1. The van der Waals surface area contributed by atoms with Gasteiger partial charge in [0.15, 0.2) is 0 Å². The Morgan fingerprint density at radius 2 is 2.24 bits per heavy atom. The minimum absolute atomic E-state index is 0.0645. The summed E-state index contributed by atoms with van der Waals surface area (Å²) < 4.78 is 5.30. The van der Waals surface area contributed by atoms with E-state index in [1.807, 2.05) is 19.9 Å². The lowest BCUT2D eigenvalue weighted by Crippen LogP contribution is -2.36. The summed E-state index contributed by atoms with van der Waals surface area (Å²) in [4.78, 5) is 19.2. The van der Waals surface area contributed by atoms with Crippen molar-refractivity contribution < 1.29 is 14.2 Å². The highest BCUT2D eigenvalue weighted by Crippen LogP contribution is 2.40. The number of amides is 1. The molecule has 6 nitrogen and oxygen atoms in total. The Balaban J connectivity index is 1.55. The molecule has 1 saturated carbocycles. The molecule has 1 amide bonds. The number of carbonyl (C=O) groups excluding carboxylic acids is 1. The van der Waals surface area contributed by atoms with Gasteiger partial charge in [-0.3, -0.25) is 4.79 Å². The molecular weight excluding hydrogens is 270 g/mol. The van der Waals surface area contributed by atoms with Crippen LogP contribution in [0.4, 0.5) is 0 Å². The first kappa shape index (κ1) is 14.1. The molecule has 0 saturated heterocycles. The monoisotopic (exact) mass is 291 g/mol. The number of rotatable bonds is 5. The lowest BCUT2D eigenvalue weighted by Gasteiger charge is -2.18. The standard InChI is InChI=1S/C15H21N3O3/c1-9(2)12-7-14(21-17-12)15(19)18(3)8-11-6-13(20-16-11)10-4-5-10/h6,9-10,14H,4-5,7-8H2,1-3H3/t14-/m0/s1. The number of likely N-dealkylation sites (N-methyl/N-ethyl adjacent to an activating group) is 1. The third-order valence-electron chi connectivity index (χ3n) is 3.97. The minimum atomic E-state index is -0.498. The van der Waals surface area contributed by atoms with Crippen LogP contribution in [0.5, 0.6) is 0 Å². The van der Waals surface area contributed by atoms with Crippen molar-refractivity contribution in [1.82, 2.24) is 10.1 Å². The van der Waals surface area contributed by atoms with Crippen molar-refractivity contribution in [2.24, 2.45) is 11.1 Å². The second-order valence-corrected chi connectivity index (χ2v) is 6.22. The maximum Gasteiger partial charge on any atom is 0.266 e. The molecule has 1 atom stereocenters. The van der Waals surface area contributed by atoms with E-state index >= 15 is 0 Å². The van der Waals surface area contributed by atoms with Crippen molar-refractivity contribution in [2.45, 2.75) is 51.7 Å². The van der Waals surface area contributed by atoms with Crippen LogP contribution in [0, 0.1) is 5.92 Å². The Labute approximate surface area is 124 Å². The topological polar surface area (TPSA) is 67.9 Å². The SMILES string of the molecule is CC(C)C1=NO[C@H](C(=O)N(C)Cc2cc(C3CC3)on2)C1. The second kappa shape index (κ2) is 5.50. The molecule has 1 aromatic heterocycles. The van der Waals surface area contributed by atoms with E-state index in [1.54, 1.807) is 11.9 Å². The van der Waals surface area contributed by atoms with Crippen molar-refractivity contribution in [3.63, 3.8) is 0 Å². The van der Waals surface area contributed by atoms with Crippen LogP contribution in [-0.2, 0) is 16.2 Å². The predicted molar refractivity (Wildman–Crippen MR) is 76.7 cm³/mol. The fraction of sp³-hybridized carbons (Fsp3) is 0.667. The van der Waals surface area contributed by atoms with Gasteiger partial charge in [0.25, 0.3) is 5.91 Å². The van der Waals surface area contributed by atoms with Gasteiger partial charge in [-0.05, 0) is 18.8 Å². The number of hydrogen-bond donors (Lipinski definition) is 0. The molecule has 1 aromatic rings. The highest BCUT2D eigenvalue weighted by Gasteiger charge is 2.32. The molecule has 1 fully saturated rings. The lowest BCUT2D eigenvalue weighted by atomic mass is 10.0. The average molecular weight is 291 g/mol. The van der Waals surface area contributed by atoms with Gasteiger partial charge in [0.2, 0.25) is 6.10 Å². The quantitative estimate of drug-likeness (QED) is 0.835. The van der Waals surface area contributed by atoms with Crippen LogP contribution in [0.25, 0.3) is 0 Å². The predicted octanol–water partition coefficient (Wildman–Crippen LogP) is 2.31. The van der Waals surface area contributed by atoms with Crippen molar-refractivity contribution in [2.75, 3.05) is 7.05 Å². The van der Waals surface area contributed by atoms with Crippen molar-refractivity contribution in [3.05, 3.63) is 17.5 Å². The highest BCUT2D eigenvalue weighted by molar-refractivity contribution is 5.93. The van der Waals surface area contributed by atoms with Crippen LogP contribution >= 0.6 is 0 Å². The molecule has 0 bridgehead atoms. The molecule has 1 aliphatic heterocycles. The van der Waals surface area contributed by atoms with Crippen molar-refractivity contribution in [1.29, 1.82) is 0 Å². The molecule has 114 valence electrons. The fourth-order valence-electron chi connectivity index (χ4n) is 2.40. The Morgan fingerprint density at radius 1 is 1.48 bits per heavy atom. The van der Waals surface area contributed by atoms with Crippen LogP contribution < -0.4 is 0 Å². The van der Waals surface area contributed by atoms with E-state index in [0.717, 1.165) is 17.2 Å². The molecule has 6 heteroatoms. The van der Waals surface area contributed by atoms with E-state index in [-0.39, 0.29) is 5.91 Å².